The zero-order valence-corrected chi connectivity index (χ0v) is 16.1. The smallest absolute Gasteiger partial charge is 0.244 e. The van der Waals surface area contributed by atoms with E-state index in [9.17, 15) is 8.42 Å². The fourth-order valence-electron chi connectivity index (χ4n) is 2.32. The van der Waals surface area contributed by atoms with Crippen molar-refractivity contribution in [2.24, 2.45) is 0 Å². The third-order valence-electron chi connectivity index (χ3n) is 3.59. The summed E-state index contributed by atoms with van der Waals surface area (Å²) in [6.07, 6.45) is 1.44. The molecule has 0 atom stereocenters. The molecule has 0 unspecified atom stereocenters. The van der Waals surface area contributed by atoms with Crippen LogP contribution in [0.4, 0.5) is 0 Å². The monoisotopic (exact) mass is 428 g/mol. The molecular weight excluding hydrogens is 412 g/mol. The van der Waals surface area contributed by atoms with Crippen LogP contribution in [0.5, 0.6) is 0 Å². The summed E-state index contributed by atoms with van der Waals surface area (Å²) in [5.41, 5.74) is 1.18. The Morgan fingerprint density at radius 3 is 2.67 bits per heavy atom. The van der Waals surface area contributed by atoms with Crippen molar-refractivity contribution in [3.05, 3.63) is 52.6 Å². The first kappa shape index (κ1) is 17.9. The van der Waals surface area contributed by atoms with Crippen molar-refractivity contribution in [2.75, 3.05) is 26.3 Å². The number of ether oxygens (including phenoxy) is 1. The van der Waals surface area contributed by atoms with Gasteiger partial charge in [-0.2, -0.15) is 4.31 Å². The molecule has 0 amide bonds. The number of morpholine rings is 1. The molecule has 1 aromatic carbocycles. The maximum Gasteiger partial charge on any atom is 0.244 e. The molecule has 8 heteroatoms. The van der Waals surface area contributed by atoms with Gasteiger partial charge in [0, 0.05) is 29.5 Å². The first-order valence-corrected chi connectivity index (χ1v) is 10.7. The van der Waals surface area contributed by atoms with Gasteiger partial charge in [0.1, 0.15) is 4.90 Å². The third kappa shape index (κ3) is 4.37. The highest BCUT2D eigenvalue weighted by atomic mass is 79.9. The summed E-state index contributed by atoms with van der Waals surface area (Å²) in [6, 6.07) is 11.5. The van der Waals surface area contributed by atoms with Gasteiger partial charge in [-0.1, -0.05) is 28.1 Å². The number of nitrogens with zero attached hydrogens (tertiary/aromatic N) is 2. The standard InChI is InChI=1S/C16H17BrN2O3S2/c17-14-3-1-2-13(10-14)12-23-16-5-4-15(11-18-16)24(20,21)19-6-8-22-9-7-19/h1-5,10-11H,6-9,12H2. The second kappa shape index (κ2) is 7.97. The summed E-state index contributed by atoms with van der Waals surface area (Å²) in [5.74, 6) is 0.780. The molecular formula is C16H17BrN2O3S2. The quantitative estimate of drug-likeness (QED) is 0.684. The molecule has 3 rings (SSSR count). The topological polar surface area (TPSA) is 59.5 Å². The maximum absolute atomic E-state index is 12.5. The molecule has 1 fully saturated rings. The van der Waals surface area contributed by atoms with E-state index in [1.54, 1.807) is 23.9 Å². The summed E-state index contributed by atoms with van der Waals surface area (Å²) in [4.78, 5) is 4.52. The Hall–Kier alpha value is -0.930. The number of aromatic nitrogens is 1. The highest BCUT2D eigenvalue weighted by Gasteiger charge is 2.26. The highest BCUT2D eigenvalue weighted by Crippen LogP contribution is 2.24. The van der Waals surface area contributed by atoms with Crippen LogP contribution in [0.15, 0.2) is 57.0 Å². The molecule has 0 spiro atoms. The average Bonchev–Trinajstić information content (AvgIpc) is 2.61. The van der Waals surface area contributed by atoms with E-state index in [0.29, 0.717) is 26.3 Å². The van der Waals surface area contributed by atoms with Gasteiger partial charge in [0.2, 0.25) is 10.0 Å². The summed E-state index contributed by atoms with van der Waals surface area (Å²) < 4.78 is 32.8. The second-order valence-electron chi connectivity index (χ2n) is 5.27. The van der Waals surface area contributed by atoms with Crippen LogP contribution in [0.2, 0.25) is 0 Å². The summed E-state index contributed by atoms with van der Waals surface area (Å²) in [7, 11) is -3.48. The van der Waals surface area contributed by atoms with Crippen LogP contribution in [0.1, 0.15) is 5.56 Å². The molecule has 0 N–H and O–H groups in total. The van der Waals surface area contributed by atoms with Crippen molar-refractivity contribution >= 4 is 37.7 Å². The zero-order chi connectivity index (χ0) is 17.0. The normalized spacial score (nSPS) is 16.2. The molecule has 2 heterocycles. The Kier molecular flexibility index (Phi) is 5.93. The van der Waals surface area contributed by atoms with E-state index in [-0.39, 0.29) is 4.90 Å². The van der Waals surface area contributed by atoms with E-state index >= 15 is 0 Å². The van der Waals surface area contributed by atoms with Crippen LogP contribution in [-0.4, -0.2) is 44.0 Å². The lowest BCUT2D eigenvalue weighted by atomic mass is 10.2. The van der Waals surface area contributed by atoms with E-state index in [0.717, 1.165) is 15.3 Å². The van der Waals surface area contributed by atoms with Crippen LogP contribution in [0.25, 0.3) is 0 Å². The molecule has 1 aromatic heterocycles. The summed E-state index contributed by atoms with van der Waals surface area (Å²) >= 11 is 5.03. The molecule has 1 aliphatic heterocycles. The van der Waals surface area contributed by atoms with Gasteiger partial charge in [-0.25, -0.2) is 13.4 Å². The highest BCUT2D eigenvalue weighted by molar-refractivity contribution is 9.10. The minimum Gasteiger partial charge on any atom is -0.379 e. The molecule has 0 aliphatic carbocycles. The predicted molar refractivity (Wildman–Crippen MR) is 97.5 cm³/mol. The molecule has 24 heavy (non-hydrogen) atoms. The van der Waals surface area contributed by atoms with Crippen LogP contribution in [-0.2, 0) is 20.5 Å². The number of pyridine rings is 1. The molecule has 2 aromatic rings. The lowest BCUT2D eigenvalue weighted by Crippen LogP contribution is -2.40. The van der Waals surface area contributed by atoms with Crippen LogP contribution >= 0.6 is 27.7 Å². The van der Waals surface area contributed by atoms with Crippen molar-refractivity contribution in [1.82, 2.24) is 9.29 Å². The van der Waals surface area contributed by atoms with Gasteiger partial charge in [-0.15, -0.1) is 11.8 Å². The number of benzene rings is 1. The average molecular weight is 429 g/mol. The lowest BCUT2D eigenvalue weighted by molar-refractivity contribution is 0.0730. The van der Waals surface area contributed by atoms with Crippen LogP contribution in [0, 0.1) is 0 Å². The van der Waals surface area contributed by atoms with Crippen LogP contribution < -0.4 is 0 Å². The number of thioether (sulfide) groups is 1. The Bertz CT molecular complexity index is 791. The van der Waals surface area contributed by atoms with Gasteiger partial charge >= 0.3 is 0 Å². The zero-order valence-electron chi connectivity index (χ0n) is 12.9. The first-order chi connectivity index (χ1) is 11.6. The molecule has 0 radical (unpaired) electrons. The number of halogens is 1. The predicted octanol–water partition coefficient (Wildman–Crippen LogP) is 3.16. The van der Waals surface area contributed by atoms with E-state index in [2.05, 4.69) is 33.0 Å². The minimum absolute atomic E-state index is 0.233. The van der Waals surface area contributed by atoms with E-state index < -0.39 is 10.0 Å². The minimum atomic E-state index is -3.48. The lowest BCUT2D eigenvalue weighted by Gasteiger charge is -2.25. The molecule has 0 saturated carbocycles. The fraction of sp³-hybridized carbons (Fsp3) is 0.312. The molecule has 0 bridgehead atoms. The summed E-state index contributed by atoms with van der Waals surface area (Å²) in [5, 5.41) is 0.802. The largest absolute Gasteiger partial charge is 0.379 e. The SMILES string of the molecule is O=S(=O)(c1ccc(SCc2cccc(Br)c2)nc1)N1CCOCC1. The van der Waals surface area contributed by atoms with Crippen molar-refractivity contribution in [2.45, 2.75) is 15.7 Å². The number of sulfonamides is 1. The first-order valence-electron chi connectivity index (χ1n) is 7.47. The Morgan fingerprint density at radius 2 is 2.00 bits per heavy atom. The Balaban J connectivity index is 1.66. The number of hydrogen-bond acceptors (Lipinski definition) is 5. The fourth-order valence-corrected chi connectivity index (χ4v) is 4.91. The molecule has 1 aliphatic rings. The van der Waals surface area contributed by atoms with Gasteiger partial charge < -0.3 is 4.74 Å². The molecule has 1 saturated heterocycles. The number of rotatable bonds is 5. The van der Waals surface area contributed by atoms with Gasteiger partial charge in [0.05, 0.1) is 18.2 Å². The Morgan fingerprint density at radius 1 is 1.21 bits per heavy atom. The van der Waals surface area contributed by atoms with Gasteiger partial charge in [-0.05, 0) is 29.8 Å². The van der Waals surface area contributed by atoms with E-state index in [1.165, 1.54) is 16.1 Å². The maximum atomic E-state index is 12.5. The van der Waals surface area contributed by atoms with Gasteiger partial charge in [-0.3, -0.25) is 0 Å². The van der Waals surface area contributed by atoms with E-state index in [4.69, 9.17) is 4.74 Å². The molecule has 5 nitrogen and oxygen atoms in total. The van der Waals surface area contributed by atoms with Crippen molar-refractivity contribution in [3.63, 3.8) is 0 Å². The second-order valence-corrected chi connectivity index (χ2v) is 9.12. The summed E-state index contributed by atoms with van der Waals surface area (Å²) in [6.45, 7) is 1.66. The van der Waals surface area contributed by atoms with Crippen LogP contribution in [0.3, 0.4) is 0 Å². The third-order valence-corrected chi connectivity index (χ3v) is 6.98. The Labute approximate surface area is 154 Å². The van der Waals surface area contributed by atoms with Gasteiger partial charge in [0.25, 0.3) is 0 Å². The molecule has 128 valence electrons. The van der Waals surface area contributed by atoms with Crippen molar-refractivity contribution < 1.29 is 13.2 Å². The van der Waals surface area contributed by atoms with Crippen molar-refractivity contribution in [1.29, 1.82) is 0 Å². The van der Waals surface area contributed by atoms with Gasteiger partial charge in [0.15, 0.2) is 0 Å². The number of hydrogen-bond donors (Lipinski definition) is 0. The van der Waals surface area contributed by atoms with E-state index in [1.807, 2.05) is 12.1 Å². The van der Waals surface area contributed by atoms with Crippen molar-refractivity contribution in [3.8, 4) is 0 Å².